The third-order valence-electron chi connectivity index (χ3n) is 9.51. The van der Waals surface area contributed by atoms with Crippen LogP contribution in [0.2, 0.25) is 0 Å². The number of rotatable bonds is 5. The van der Waals surface area contributed by atoms with Crippen molar-refractivity contribution < 1.29 is 0 Å². The second-order valence-corrected chi connectivity index (χ2v) is 12.3. The maximum absolute atomic E-state index is 9.49. The normalized spacial score (nSPS) is 11.2. The van der Waals surface area contributed by atoms with E-state index in [0.717, 1.165) is 39.1 Å². The zero-order valence-electron chi connectivity index (χ0n) is 26.6. The van der Waals surface area contributed by atoms with Gasteiger partial charge in [0.25, 0.3) is 0 Å². The Morgan fingerprint density at radius 2 is 0.939 bits per heavy atom. The van der Waals surface area contributed by atoms with Gasteiger partial charge in [-0.05, 0) is 91.3 Å². The van der Waals surface area contributed by atoms with E-state index < -0.39 is 0 Å². The van der Waals surface area contributed by atoms with E-state index in [1.165, 1.54) is 43.4 Å². The molecule has 0 unspecified atom stereocenters. The highest BCUT2D eigenvalue weighted by Gasteiger charge is 2.20. The molecule has 8 aromatic carbocycles. The number of hydrogen-bond donors (Lipinski definition) is 0. The molecular formula is C46H29N3. The van der Waals surface area contributed by atoms with E-state index in [0.29, 0.717) is 5.56 Å². The van der Waals surface area contributed by atoms with Crippen LogP contribution in [0.4, 0.5) is 17.1 Å². The summed E-state index contributed by atoms with van der Waals surface area (Å²) >= 11 is 0. The molecule has 0 atom stereocenters. The number of anilines is 3. The van der Waals surface area contributed by atoms with E-state index in [1.807, 2.05) is 30.5 Å². The SMILES string of the molecule is N#Cc1ccc(N(c2ccc(-c3c4ccccc4c(-c4cccc5ccccc45)c4ccccc34)nc2)c2cccc3ccccc23)cc1. The fourth-order valence-electron chi connectivity index (χ4n) is 7.32. The topological polar surface area (TPSA) is 39.9 Å². The van der Waals surface area contributed by atoms with Crippen LogP contribution < -0.4 is 4.90 Å². The Morgan fingerprint density at radius 3 is 1.55 bits per heavy atom. The number of fused-ring (bicyclic) bond motifs is 4. The van der Waals surface area contributed by atoms with Crippen molar-refractivity contribution >= 4 is 60.2 Å². The molecule has 0 fully saturated rings. The van der Waals surface area contributed by atoms with Crippen LogP contribution in [0.25, 0.3) is 65.5 Å². The minimum atomic E-state index is 0.626. The lowest BCUT2D eigenvalue weighted by atomic mass is 9.86. The molecule has 1 heterocycles. The van der Waals surface area contributed by atoms with Gasteiger partial charge in [0, 0.05) is 16.6 Å². The predicted molar refractivity (Wildman–Crippen MR) is 205 cm³/mol. The maximum Gasteiger partial charge on any atom is 0.0991 e. The number of aromatic nitrogens is 1. The Hall–Kier alpha value is -6.76. The molecule has 0 aliphatic heterocycles. The summed E-state index contributed by atoms with van der Waals surface area (Å²) in [5, 5.41) is 19.0. The molecule has 9 rings (SSSR count). The van der Waals surface area contributed by atoms with Crippen LogP contribution in [-0.2, 0) is 0 Å². The summed E-state index contributed by atoms with van der Waals surface area (Å²) < 4.78 is 0. The fraction of sp³-hybridized carbons (Fsp3) is 0. The lowest BCUT2D eigenvalue weighted by Crippen LogP contribution is -2.11. The average Bonchev–Trinajstić information content (AvgIpc) is 3.17. The first-order chi connectivity index (χ1) is 24.3. The van der Waals surface area contributed by atoms with Gasteiger partial charge in [0.1, 0.15) is 0 Å². The van der Waals surface area contributed by atoms with E-state index in [2.05, 4.69) is 157 Å². The first kappa shape index (κ1) is 28.5. The van der Waals surface area contributed by atoms with Gasteiger partial charge in [-0.1, -0.05) is 127 Å². The van der Waals surface area contributed by atoms with E-state index in [1.54, 1.807) is 0 Å². The zero-order chi connectivity index (χ0) is 32.7. The highest BCUT2D eigenvalue weighted by atomic mass is 15.1. The highest BCUT2D eigenvalue weighted by molar-refractivity contribution is 6.23. The number of nitriles is 1. The zero-order valence-corrected chi connectivity index (χ0v) is 26.6. The molecule has 3 nitrogen and oxygen atoms in total. The molecule has 0 amide bonds. The smallest absolute Gasteiger partial charge is 0.0991 e. The predicted octanol–water partition coefficient (Wildman–Crippen LogP) is 12.4. The van der Waals surface area contributed by atoms with Crippen molar-refractivity contribution in [1.29, 1.82) is 5.26 Å². The summed E-state index contributed by atoms with van der Waals surface area (Å²) in [5.41, 5.74) is 8.08. The van der Waals surface area contributed by atoms with Crippen molar-refractivity contribution in [2.24, 2.45) is 0 Å². The van der Waals surface area contributed by atoms with Crippen molar-refractivity contribution in [3.8, 4) is 28.5 Å². The van der Waals surface area contributed by atoms with Gasteiger partial charge in [0.15, 0.2) is 0 Å². The molecule has 0 saturated heterocycles. The van der Waals surface area contributed by atoms with Gasteiger partial charge in [-0.15, -0.1) is 0 Å². The number of hydrogen-bond acceptors (Lipinski definition) is 3. The van der Waals surface area contributed by atoms with Crippen molar-refractivity contribution in [3.63, 3.8) is 0 Å². The second kappa shape index (κ2) is 11.8. The van der Waals surface area contributed by atoms with Gasteiger partial charge in [0.2, 0.25) is 0 Å². The van der Waals surface area contributed by atoms with Gasteiger partial charge in [-0.2, -0.15) is 5.26 Å². The molecule has 3 heteroatoms. The summed E-state index contributed by atoms with van der Waals surface area (Å²) in [6.45, 7) is 0. The molecule has 0 radical (unpaired) electrons. The lowest BCUT2D eigenvalue weighted by Gasteiger charge is -2.27. The van der Waals surface area contributed by atoms with E-state index in [-0.39, 0.29) is 0 Å². The minimum Gasteiger partial charge on any atom is -0.308 e. The Kier molecular flexibility index (Phi) is 6.85. The Bertz CT molecular complexity index is 2650. The third-order valence-corrected chi connectivity index (χ3v) is 9.51. The maximum atomic E-state index is 9.49. The first-order valence-corrected chi connectivity index (χ1v) is 16.4. The van der Waals surface area contributed by atoms with Gasteiger partial charge in [-0.25, -0.2) is 0 Å². The third kappa shape index (κ3) is 4.78. The number of benzene rings is 8. The summed E-state index contributed by atoms with van der Waals surface area (Å²) in [4.78, 5) is 7.42. The van der Waals surface area contributed by atoms with E-state index in [9.17, 15) is 5.26 Å². The Balaban J connectivity index is 1.25. The summed E-state index contributed by atoms with van der Waals surface area (Å²) in [7, 11) is 0. The molecule has 49 heavy (non-hydrogen) atoms. The Morgan fingerprint density at radius 1 is 0.429 bits per heavy atom. The molecule has 0 N–H and O–H groups in total. The van der Waals surface area contributed by atoms with Crippen LogP contribution >= 0.6 is 0 Å². The highest BCUT2D eigenvalue weighted by Crippen LogP contribution is 2.45. The van der Waals surface area contributed by atoms with Crippen LogP contribution in [0.15, 0.2) is 176 Å². The molecule has 0 bridgehead atoms. The molecular weight excluding hydrogens is 595 g/mol. The average molecular weight is 624 g/mol. The molecule has 0 saturated carbocycles. The molecule has 0 aliphatic rings. The largest absolute Gasteiger partial charge is 0.308 e. The van der Waals surface area contributed by atoms with Crippen molar-refractivity contribution in [2.75, 3.05) is 4.90 Å². The van der Waals surface area contributed by atoms with E-state index >= 15 is 0 Å². The lowest BCUT2D eigenvalue weighted by molar-refractivity contribution is 1.24. The second-order valence-electron chi connectivity index (χ2n) is 12.3. The molecule has 0 aliphatic carbocycles. The van der Waals surface area contributed by atoms with Crippen LogP contribution in [0.5, 0.6) is 0 Å². The molecule has 0 spiro atoms. The summed E-state index contributed by atoms with van der Waals surface area (Å²) in [5.74, 6) is 0. The molecule has 228 valence electrons. The first-order valence-electron chi connectivity index (χ1n) is 16.4. The van der Waals surface area contributed by atoms with Crippen LogP contribution in [0, 0.1) is 11.3 Å². The number of pyridine rings is 1. The van der Waals surface area contributed by atoms with E-state index in [4.69, 9.17) is 4.98 Å². The van der Waals surface area contributed by atoms with Crippen LogP contribution in [0.3, 0.4) is 0 Å². The van der Waals surface area contributed by atoms with Crippen LogP contribution in [-0.4, -0.2) is 4.98 Å². The van der Waals surface area contributed by atoms with Crippen LogP contribution in [0.1, 0.15) is 5.56 Å². The van der Waals surface area contributed by atoms with Crippen molar-refractivity contribution in [3.05, 3.63) is 182 Å². The molecule has 9 aromatic rings. The summed E-state index contributed by atoms with van der Waals surface area (Å²) in [6.07, 6.45) is 1.97. The minimum absolute atomic E-state index is 0.626. The van der Waals surface area contributed by atoms with Gasteiger partial charge >= 0.3 is 0 Å². The fourth-order valence-corrected chi connectivity index (χ4v) is 7.32. The quantitative estimate of drug-likeness (QED) is 0.179. The summed E-state index contributed by atoms with van der Waals surface area (Å²) in [6, 6.07) is 61.7. The van der Waals surface area contributed by atoms with Crippen molar-refractivity contribution in [2.45, 2.75) is 0 Å². The van der Waals surface area contributed by atoms with Gasteiger partial charge in [0.05, 0.1) is 34.9 Å². The molecule has 1 aromatic heterocycles. The van der Waals surface area contributed by atoms with Crippen molar-refractivity contribution in [1.82, 2.24) is 4.98 Å². The van der Waals surface area contributed by atoms with Gasteiger partial charge in [-0.3, -0.25) is 4.98 Å². The Labute approximate surface area is 284 Å². The number of nitrogens with zero attached hydrogens (tertiary/aromatic N) is 3. The van der Waals surface area contributed by atoms with Gasteiger partial charge < -0.3 is 4.90 Å². The monoisotopic (exact) mass is 623 g/mol. The standard InChI is InChI=1S/C46H29N3/c47-29-31-23-25-34(26-24-31)49(44-22-10-14-33-12-2-4-16-37(33)44)35-27-28-43(48-30-35)46-41-19-7-5-17-39(41)45(40-18-6-8-20-42(40)46)38-21-9-13-32-11-1-3-15-36(32)38/h1-28,30H.